The molecule has 1 unspecified atom stereocenters. The van der Waals surface area contributed by atoms with Gasteiger partial charge < -0.3 is 26.5 Å². The maximum Gasteiger partial charge on any atom is 0.305 e. The smallest absolute Gasteiger partial charge is 0.305 e. The fraction of sp³-hybridized carbons (Fsp3) is 0.294. The van der Waals surface area contributed by atoms with Gasteiger partial charge in [-0.25, -0.2) is 0 Å². The zero-order chi connectivity index (χ0) is 19.3. The molecule has 0 saturated carbocycles. The molecule has 0 bridgehead atoms. The Morgan fingerprint density at radius 1 is 1.15 bits per heavy atom. The number of carboxylic acids is 1. The maximum absolute atomic E-state index is 12.3. The van der Waals surface area contributed by atoms with Gasteiger partial charge in [-0.3, -0.25) is 19.2 Å². The number of rotatable bonds is 8. The molecule has 2 aromatic rings. The average Bonchev–Trinajstić information content (AvgIpc) is 2.95. The van der Waals surface area contributed by atoms with Gasteiger partial charge in [0.15, 0.2) is 0 Å². The number of carbonyl (C=O) groups is 4. The third kappa shape index (κ3) is 4.82. The van der Waals surface area contributed by atoms with Crippen molar-refractivity contribution < 1.29 is 24.3 Å². The molecule has 1 heterocycles. The number of H-pyrrole nitrogens is 1. The van der Waals surface area contributed by atoms with Crippen LogP contribution in [0.4, 0.5) is 0 Å². The summed E-state index contributed by atoms with van der Waals surface area (Å²) in [4.78, 5) is 49.2. The molecule has 2 rings (SSSR count). The summed E-state index contributed by atoms with van der Waals surface area (Å²) in [7, 11) is 0. The van der Waals surface area contributed by atoms with E-state index in [0.717, 1.165) is 16.5 Å². The first-order valence-corrected chi connectivity index (χ1v) is 7.91. The van der Waals surface area contributed by atoms with Crippen LogP contribution in [0.1, 0.15) is 18.9 Å². The lowest BCUT2D eigenvalue weighted by Crippen LogP contribution is -2.53. The first-order valence-electron chi connectivity index (χ1n) is 7.91. The number of aliphatic carboxylic acids is 1. The number of hydrogen-bond donors (Lipinski definition) is 5. The molecule has 0 radical (unpaired) electrons. The maximum atomic E-state index is 12.3. The minimum absolute atomic E-state index is 0.130. The van der Waals surface area contributed by atoms with E-state index in [9.17, 15) is 19.2 Å². The zero-order valence-electron chi connectivity index (χ0n) is 14.1. The molecule has 2 atom stereocenters. The highest BCUT2D eigenvalue weighted by Gasteiger charge is 2.27. The van der Waals surface area contributed by atoms with Crippen molar-refractivity contribution in [1.29, 1.82) is 0 Å². The number of para-hydroxylation sites is 1. The van der Waals surface area contributed by atoms with E-state index in [2.05, 4.69) is 15.6 Å². The van der Waals surface area contributed by atoms with Crippen LogP contribution >= 0.6 is 0 Å². The van der Waals surface area contributed by atoms with Gasteiger partial charge in [-0.1, -0.05) is 18.2 Å². The molecule has 26 heavy (non-hydrogen) atoms. The summed E-state index contributed by atoms with van der Waals surface area (Å²) < 4.78 is 0. The number of primary amides is 1. The van der Waals surface area contributed by atoms with E-state index in [1.54, 1.807) is 6.20 Å². The monoisotopic (exact) mass is 360 g/mol. The first kappa shape index (κ1) is 19.0. The van der Waals surface area contributed by atoms with Crippen molar-refractivity contribution in [3.63, 3.8) is 0 Å². The third-order valence-electron chi connectivity index (χ3n) is 3.83. The van der Waals surface area contributed by atoms with Crippen LogP contribution in [0.3, 0.4) is 0 Å². The predicted octanol–water partition coefficient (Wildman–Crippen LogP) is -0.340. The molecule has 0 aliphatic carbocycles. The molecule has 138 valence electrons. The van der Waals surface area contributed by atoms with E-state index in [1.165, 1.54) is 6.92 Å². The lowest BCUT2D eigenvalue weighted by atomic mass is 10.0. The molecular weight excluding hydrogens is 340 g/mol. The van der Waals surface area contributed by atoms with Gasteiger partial charge in [0.05, 0.1) is 6.42 Å². The Labute approximate surface area is 148 Å². The Kier molecular flexibility index (Phi) is 5.94. The normalized spacial score (nSPS) is 13.0. The number of benzene rings is 1. The average molecular weight is 360 g/mol. The standard InChI is InChI=1S/C17H20N4O5/c1-9(22)20-14(7-15(23)24)17(26)21-13(16(18)25)6-10-8-19-12-5-3-2-4-11(10)12/h2-5,8,13-14,19H,6-7H2,1H3,(H2,18,25)(H,20,22)(H,21,26)(H,23,24)/t13-,14?/m0/s1. The molecule has 9 heteroatoms. The molecule has 0 aliphatic heterocycles. The number of carbonyl (C=O) groups excluding carboxylic acids is 3. The third-order valence-corrected chi connectivity index (χ3v) is 3.83. The van der Waals surface area contributed by atoms with Crippen LogP contribution in [0.5, 0.6) is 0 Å². The van der Waals surface area contributed by atoms with Crippen LogP contribution in [-0.2, 0) is 25.6 Å². The van der Waals surface area contributed by atoms with Crippen LogP contribution in [0.15, 0.2) is 30.5 Å². The number of nitrogens with two attached hydrogens (primary N) is 1. The summed E-state index contributed by atoms with van der Waals surface area (Å²) in [5, 5.41) is 14.5. The second-order valence-corrected chi connectivity index (χ2v) is 5.88. The van der Waals surface area contributed by atoms with Gasteiger partial charge in [-0.2, -0.15) is 0 Å². The van der Waals surface area contributed by atoms with Crippen LogP contribution < -0.4 is 16.4 Å². The highest BCUT2D eigenvalue weighted by atomic mass is 16.4. The highest BCUT2D eigenvalue weighted by Crippen LogP contribution is 2.19. The summed E-state index contributed by atoms with van der Waals surface area (Å²) >= 11 is 0. The summed E-state index contributed by atoms with van der Waals surface area (Å²) in [5.74, 6) is -3.36. The number of nitrogens with one attached hydrogen (secondary N) is 3. The van der Waals surface area contributed by atoms with Crippen LogP contribution in [0.25, 0.3) is 10.9 Å². The molecule has 1 aromatic heterocycles. The number of aromatic nitrogens is 1. The SMILES string of the molecule is CC(=O)NC(CC(=O)O)C(=O)N[C@@H](Cc1c[nH]c2ccccc12)C(N)=O. The summed E-state index contributed by atoms with van der Waals surface area (Å²) in [6.07, 6.45) is 1.24. The van der Waals surface area contributed by atoms with Gasteiger partial charge in [0.25, 0.3) is 0 Å². The molecule has 9 nitrogen and oxygen atoms in total. The minimum Gasteiger partial charge on any atom is -0.481 e. The van der Waals surface area contributed by atoms with Crippen LogP contribution in [0.2, 0.25) is 0 Å². The highest BCUT2D eigenvalue weighted by molar-refractivity contribution is 5.94. The lowest BCUT2D eigenvalue weighted by Gasteiger charge is -2.20. The molecular formula is C17H20N4O5. The van der Waals surface area contributed by atoms with Crippen LogP contribution in [0, 0.1) is 0 Å². The van der Waals surface area contributed by atoms with Gasteiger partial charge in [-0.15, -0.1) is 0 Å². The molecule has 3 amide bonds. The molecule has 0 saturated heterocycles. The number of fused-ring (bicyclic) bond motifs is 1. The number of amides is 3. The Bertz CT molecular complexity index is 829. The van der Waals surface area contributed by atoms with Gasteiger partial charge in [-0.05, 0) is 11.6 Å². The fourth-order valence-electron chi connectivity index (χ4n) is 2.64. The number of hydrogen-bond acceptors (Lipinski definition) is 4. The Morgan fingerprint density at radius 3 is 2.46 bits per heavy atom. The molecule has 1 aromatic carbocycles. The van der Waals surface area contributed by atoms with E-state index < -0.39 is 42.2 Å². The summed E-state index contributed by atoms with van der Waals surface area (Å²) in [6, 6.07) is 5.10. The first-order chi connectivity index (χ1) is 12.3. The van der Waals surface area contributed by atoms with Gasteiger partial charge in [0.1, 0.15) is 12.1 Å². The Balaban J connectivity index is 2.16. The van der Waals surface area contributed by atoms with E-state index in [-0.39, 0.29) is 6.42 Å². The molecule has 0 fully saturated rings. The van der Waals surface area contributed by atoms with Gasteiger partial charge >= 0.3 is 5.97 Å². The number of aromatic amines is 1. The second kappa shape index (κ2) is 8.15. The second-order valence-electron chi connectivity index (χ2n) is 5.88. The van der Waals surface area contributed by atoms with E-state index in [4.69, 9.17) is 10.8 Å². The largest absolute Gasteiger partial charge is 0.481 e. The summed E-state index contributed by atoms with van der Waals surface area (Å²) in [6.45, 7) is 1.17. The predicted molar refractivity (Wildman–Crippen MR) is 93.0 cm³/mol. The minimum atomic E-state index is -1.30. The fourth-order valence-corrected chi connectivity index (χ4v) is 2.64. The van der Waals surface area contributed by atoms with Crippen molar-refractivity contribution in [2.75, 3.05) is 0 Å². The van der Waals surface area contributed by atoms with Crippen molar-refractivity contribution in [2.24, 2.45) is 5.73 Å². The van der Waals surface area contributed by atoms with E-state index >= 15 is 0 Å². The van der Waals surface area contributed by atoms with Crippen LogP contribution in [-0.4, -0.2) is 45.9 Å². The molecule has 6 N–H and O–H groups in total. The van der Waals surface area contributed by atoms with Crippen molar-refractivity contribution in [3.8, 4) is 0 Å². The van der Waals surface area contributed by atoms with E-state index in [0.29, 0.717) is 0 Å². The molecule has 0 spiro atoms. The topological polar surface area (TPSA) is 154 Å². The Morgan fingerprint density at radius 2 is 1.85 bits per heavy atom. The van der Waals surface area contributed by atoms with Gasteiger partial charge in [0, 0.05) is 30.4 Å². The number of carboxylic acid groups (broad SMARTS) is 1. The summed E-state index contributed by atoms with van der Waals surface area (Å²) in [5.41, 5.74) is 7.03. The van der Waals surface area contributed by atoms with Crippen molar-refractivity contribution >= 4 is 34.6 Å². The Hall–Kier alpha value is -3.36. The van der Waals surface area contributed by atoms with E-state index in [1.807, 2.05) is 24.3 Å². The zero-order valence-corrected chi connectivity index (χ0v) is 14.1. The van der Waals surface area contributed by atoms with Crippen molar-refractivity contribution in [3.05, 3.63) is 36.0 Å². The van der Waals surface area contributed by atoms with Gasteiger partial charge in [0.2, 0.25) is 17.7 Å². The van der Waals surface area contributed by atoms with Crippen molar-refractivity contribution in [2.45, 2.75) is 31.8 Å². The van der Waals surface area contributed by atoms with Crippen molar-refractivity contribution in [1.82, 2.24) is 15.6 Å². The molecule has 0 aliphatic rings. The lowest BCUT2D eigenvalue weighted by molar-refractivity contribution is -0.140. The quantitative estimate of drug-likeness (QED) is 0.436.